The topological polar surface area (TPSA) is 38.5 Å². The molecule has 1 unspecified atom stereocenters. The fourth-order valence-electron chi connectivity index (χ4n) is 1.02. The highest BCUT2D eigenvalue weighted by Gasteiger charge is 2.03. The highest BCUT2D eigenvalue weighted by atomic mass is 16.5. The summed E-state index contributed by atoms with van der Waals surface area (Å²) >= 11 is 0. The van der Waals surface area contributed by atoms with Gasteiger partial charge in [-0.1, -0.05) is 0 Å². The van der Waals surface area contributed by atoms with E-state index < -0.39 is 0 Å². The van der Waals surface area contributed by atoms with Crippen LogP contribution < -0.4 is 5.73 Å². The Hall–Kier alpha value is -0.120. The Morgan fingerprint density at radius 2 is 1.92 bits per heavy atom. The number of nitrogens with zero attached hydrogens (tertiary/aromatic N) is 1. The molecule has 0 saturated heterocycles. The lowest BCUT2D eigenvalue weighted by molar-refractivity contribution is 0.0722. The molecule has 2 N–H and O–H groups in total. The molecule has 0 rings (SSSR count). The van der Waals surface area contributed by atoms with Gasteiger partial charge in [-0.05, 0) is 34.4 Å². The van der Waals surface area contributed by atoms with Crippen molar-refractivity contribution >= 4 is 0 Å². The monoisotopic (exact) mass is 174 g/mol. The second-order valence-corrected chi connectivity index (χ2v) is 3.73. The average Bonchev–Trinajstić information content (AvgIpc) is 1.84. The van der Waals surface area contributed by atoms with E-state index in [1.165, 1.54) is 0 Å². The van der Waals surface area contributed by atoms with Gasteiger partial charge < -0.3 is 15.4 Å². The summed E-state index contributed by atoms with van der Waals surface area (Å²) in [7, 11) is 4.06. The molecule has 0 radical (unpaired) electrons. The van der Waals surface area contributed by atoms with Crippen molar-refractivity contribution in [3.63, 3.8) is 0 Å². The molecule has 0 aromatic carbocycles. The standard InChI is InChI=1S/C9H22N2O/c1-8(2)12-6-5-9(10)7-11(3)4/h8-9H,5-7,10H2,1-4H3. The van der Waals surface area contributed by atoms with Crippen LogP contribution in [0.25, 0.3) is 0 Å². The lowest BCUT2D eigenvalue weighted by Gasteiger charge is -2.17. The smallest absolute Gasteiger partial charge is 0.0518 e. The fourth-order valence-corrected chi connectivity index (χ4v) is 1.02. The maximum Gasteiger partial charge on any atom is 0.0518 e. The van der Waals surface area contributed by atoms with Crippen LogP contribution in [0.4, 0.5) is 0 Å². The molecule has 0 saturated carbocycles. The third-order valence-corrected chi connectivity index (χ3v) is 1.54. The zero-order valence-electron chi connectivity index (χ0n) is 8.71. The van der Waals surface area contributed by atoms with Gasteiger partial charge >= 0.3 is 0 Å². The Morgan fingerprint density at radius 1 is 1.33 bits per heavy atom. The van der Waals surface area contributed by atoms with E-state index in [9.17, 15) is 0 Å². The summed E-state index contributed by atoms with van der Waals surface area (Å²) < 4.78 is 5.40. The normalized spacial score (nSPS) is 14.2. The minimum Gasteiger partial charge on any atom is -0.379 e. The van der Waals surface area contributed by atoms with Crippen molar-refractivity contribution in [2.45, 2.75) is 32.4 Å². The molecular formula is C9H22N2O. The number of nitrogens with two attached hydrogens (primary N) is 1. The Morgan fingerprint density at radius 3 is 2.33 bits per heavy atom. The van der Waals surface area contributed by atoms with Crippen molar-refractivity contribution in [2.75, 3.05) is 27.2 Å². The Kier molecular flexibility index (Phi) is 6.34. The van der Waals surface area contributed by atoms with Gasteiger partial charge in [-0.2, -0.15) is 0 Å². The van der Waals surface area contributed by atoms with E-state index >= 15 is 0 Å². The van der Waals surface area contributed by atoms with Gasteiger partial charge in [-0.3, -0.25) is 0 Å². The Labute approximate surface area is 75.9 Å². The van der Waals surface area contributed by atoms with E-state index in [2.05, 4.69) is 4.90 Å². The first kappa shape index (κ1) is 11.9. The van der Waals surface area contributed by atoms with Crippen LogP contribution in [0.2, 0.25) is 0 Å². The maximum absolute atomic E-state index is 5.84. The Balaban J connectivity index is 3.25. The van der Waals surface area contributed by atoms with Gasteiger partial charge in [0.25, 0.3) is 0 Å². The number of hydrogen-bond donors (Lipinski definition) is 1. The van der Waals surface area contributed by atoms with Gasteiger partial charge in [0.2, 0.25) is 0 Å². The van der Waals surface area contributed by atoms with Gasteiger partial charge in [-0.15, -0.1) is 0 Å². The largest absolute Gasteiger partial charge is 0.379 e. The lowest BCUT2D eigenvalue weighted by Crippen LogP contribution is -2.34. The summed E-state index contributed by atoms with van der Waals surface area (Å²) in [6.45, 7) is 5.78. The number of likely N-dealkylation sites (N-methyl/N-ethyl adjacent to an activating group) is 1. The van der Waals surface area contributed by atoms with Crippen LogP contribution in [-0.2, 0) is 4.74 Å². The minimum absolute atomic E-state index is 0.235. The van der Waals surface area contributed by atoms with Crippen LogP contribution in [-0.4, -0.2) is 44.3 Å². The van der Waals surface area contributed by atoms with E-state index in [0.717, 1.165) is 19.6 Å². The molecule has 0 aromatic heterocycles. The first-order valence-corrected chi connectivity index (χ1v) is 4.54. The third kappa shape index (κ3) is 7.98. The van der Waals surface area contributed by atoms with Gasteiger partial charge in [-0.25, -0.2) is 0 Å². The molecule has 0 bridgehead atoms. The highest BCUT2D eigenvalue weighted by molar-refractivity contribution is 4.63. The molecule has 0 aliphatic carbocycles. The van der Waals surface area contributed by atoms with E-state index in [1.807, 2.05) is 27.9 Å². The molecule has 3 heteroatoms. The van der Waals surface area contributed by atoms with Crippen molar-refractivity contribution in [2.24, 2.45) is 5.73 Å². The average molecular weight is 174 g/mol. The van der Waals surface area contributed by atoms with Gasteiger partial charge in [0.05, 0.1) is 6.10 Å². The van der Waals surface area contributed by atoms with E-state index in [1.54, 1.807) is 0 Å². The molecule has 0 aliphatic heterocycles. The minimum atomic E-state index is 0.235. The molecule has 0 spiro atoms. The van der Waals surface area contributed by atoms with E-state index in [4.69, 9.17) is 10.5 Å². The van der Waals surface area contributed by atoms with Crippen LogP contribution in [0, 0.1) is 0 Å². The maximum atomic E-state index is 5.84. The quantitative estimate of drug-likeness (QED) is 0.644. The first-order chi connectivity index (χ1) is 5.52. The summed E-state index contributed by atoms with van der Waals surface area (Å²) in [5.41, 5.74) is 5.84. The number of rotatable bonds is 6. The molecular weight excluding hydrogens is 152 g/mol. The second-order valence-electron chi connectivity index (χ2n) is 3.73. The summed E-state index contributed by atoms with van der Waals surface area (Å²) in [4.78, 5) is 2.10. The molecule has 3 nitrogen and oxygen atoms in total. The predicted molar refractivity (Wildman–Crippen MR) is 52.2 cm³/mol. The molecule has 0 aromatic rings. The fraction of sp³-hybridized carbons (Fsp3) is 1.00. The molecule has 0 fully saturated rings. The van der Waals surface area contributed by atoms with Crippen molar-refractivity contribution in [1.29, 1.82) is 0 Å². The van der Waals surface area contributed by atoms with Gasteiger partial charge in [0, 0.05) is 19.2 Å². The SMILES string of the molecule is CC(C)OCCC(N)CN(C)C. The molecule has 0 amide bonds. The van der Waals surface area contributed by atoms with Gasteiger partial charge in [0.15, 0.2) is 0 Å². The molecule has 0 aliphatic rings. The lowest BCUT2D eigenvalue weighted by atomic mass is 10.2. The van der Waals surface area contributed by atoms with Crippen LogP contribution >= 0.6 is 0 Å². The number of hydrogen-bond acceptors (Lipinski definition) is 3. The van der Waals surface area contributed by atoms with E-state index in [0.29, 0.717) is 6.10 Å². The number of ether oxygens (including phenoxy) is 1. The van der Waals surface area contributed by atoms with Gasteiger partial charge in [0.1, 0.15) is 0 Å². The second kappa shape index (κ2) is 6.40. The van der Waals surface area contributed by atoms with Crippen LogP contribution in [0.15, 0.2) is 0 Å². The van der Waals surface area contributed by atoms with Crippen LogP contribution in [0.3, 0.4) is 0 Å². The van der Waals surface area contributed by atoms with Crippen LogP contribution in [0.1, 0.15) is 20.3 Å². The summed E-state index contributed by atoms with van der Waals surface area (Å²) in [6.07, 6.45) is 1.26. The van der Waals surface area contributed by atoms with Crippen molar-refractivity contribution in [3.05, 3.63) is 0 Å². The highest BCUT2D eigenvalue weighted by Crippen LogP contribution is 1.94. The summed E-state index contributed by atoms with van der Waals surface area (Å²) in [5.74, 6) is 0. The van der Waals surface area contributed by atoms with Crippen molar-refractivity contribution < 1.29 is 4.74 Å². The van der Waals surface area contributed by atoms with Crippen LogP contribution in [0.5, 0.6) is 0 Å². The first-order valence-electron chi connectivity index (χ1n) is 4.54. The zero-order chi connectivity index (χ0) is 9.56. The summed E-state index contributed by atoms with van der Waals surface area (Å²) in [6, 6.07) is 0.235. The molecule has 0 heterocycles. The Bertz CT molecular complexity index is 105. The van der Waals surface area contributed by atoms with E-state index in [-0.39, 0.29) is 6.04 Å². The molecule has 12 heavy (non-hydrogen) atoms. The van der Waals surface area contributed by atoms with Crippen molar-refractivity contribution in [3.8, 4) is 0 Å². The summed E-state index contributed by atoms with van der Waals surface area (Å²) in [5, 5.41) is 0. The van der Waals surface area contributed by atoms with Crippen molar-refractivity contribution in [1.82, 2.24) is 4.90 Å². The zero-order valence-corrected chi connectivity index (χ0v) is 8.71. The molecule has 1 atom stereocenters. The predicted octanol–water partition coefficient (Wildman–Crippen LogP) is 0.690. The molecule has 74 valence electrons. The third-order valence-electron chi connectivity index (χ3n) is 1.54.